The standard InChI is InChI=1S/C23H44O2/c1-3-4-5-6-7-8-9-10-11-12-13-14-15-16-17-18-19-22(2)20-21-23(24)25/h10-11,22H,3-9,12-21H2,1-2H3,(H,24,25)/b11-10-. The molecule has 0 aliphatic carbocycles. The fraction of sp³-hybridized carbons (Fsp3) is 0.870. The van der Waals surface area contributed by atoms with Crippen LogP contribution in [-0.2, 0) is 4.79 Å². The highest BCUT2D eigenvalue weighted by Gasteiger charge is 2.04. The van der Waals surface area contributed by atoms with E-state index in [-0.39, 0.29) is 0 Å². The number of carboxylic acid groups (broad SMARTS) is 1. The summed E-state index contributed by atoms with van der Waals surface area (Å²) in [5, 5.41) is 8.67. The lowest BCUT2D eigenvalue weighted by molar-refractivity contribution is -0.137. The van der Waals surface area contributed by atoms with Gasteiger partial charge in [0.25, 0.3) is 0 Å². The lowest BCUT2D eigenvalue weighted by Gasteiger charge is -2.09. The van der Waals surface area contributed by atoms with Crippen molar-refractivity contribution in [3.05, 3.63) is 12.2 Å². The van der Waals surface area contributed by atoms with E-state index in [1.807, 2.05) is 0 Å². The van der Waals surface area contributed by atoms with Crippen molar-refractivity contribution in [2.24, 2.45) is 5.92 Å². The molecule has 0 saturated carbocycles. The van der Waals surface area contributed by atoms with Gasteiger partial charge < -0.3 is 5.11 Å². The van der Waals surface area contributed by atoms with E-state index in [9.17, 15) is 4.79 Å². The Bertz CT molecular complexity index is 309. The van der Waals surface area contributed by atoms with Gasteiger partial charge in [0, 0.05) is 6.42 Å². The maximum atomic E-state index is 10.5. The summed E-state index contributed by atoms with van der Waals surface area (Å²) in [7, 11) is 0. The maximum absolute atomic E-state index is 10.5. The summed E-state index contributed by atoms with van der Waals surface area (Å²) < 4.78 is 0. The quantitative estimate of drug-likeness (QED) is 0.189. The molecule has 0 amide bonds. The molecule has 0 aromatic heterocycles. The average molecular weight is 353 g/mol. The Balaban J connectivity index is 3.18. The van der Waals surface area contributed by atoms with E-state index in [0.29, 0.717) is 12.3 Å². The third-order valence-electron chi connectivity index (χ3n) is 5.06. The van der Waals surface area contributed by atoms with Gasteiger partial charge in [-0.15, -0.1) is 0 Å². The van der Waals surface area contributed by atoms with Gasteiger partial charge in [-0.05, 0) is 38.0 Å². The molecule has 0 aliphatic rings. The second kappa shape index (κ2) is 19.5. The van der Waals surface area contributed by atoms with Gasteiger partial charge in [0.05, 0.1) is 0 Å². The summed E-state index contributed by atoms with van der Waals surface area (Å²) in [5.74, 6) is -0.0965. The molecule has 0 fully saturated rings. The Morgan fingerprint density at radius 3 is 1.76 bits per heavy atom. The minimum absolute atomic E-state index is 0.327. The van der Waals surface area contributed by atoms with Gasteiger partial charge in [-0.2, -0.15) is 0 Å². The number of rotatable bonds is 19. The van der Waals surface area contributed by atoms with E-state index < -0.39 is 5.97 Å². The molecule has 0 aliphatic heterocycles. The van der Waals surface area contributed by atoms with Crippen LogP contribution in [0.3, 0.4) is 0 Å². The van der Waals surface area contributed by atoms with Gasteiger partial charge in [0.1, 0.15) is 0 Å². The van der Waals surface area contributed by atoms with Gasteiger partial charge >= 0.3 is 5.97 Å². The minimum Gasteiger partial charge on any atom is -0.481 e. The second-order valence-corrected chi connectivity index (χ2v) is 7.76. The van der Waals surface area contributed by atoms with Gasteiger partial charge in [0.15, 0.2) is 0 Å². The Morgan fingerprint density at radius 2 is 1.24 bits per heavy atom. The Hall–Kier alpha value is -0.790. The van der Waals surface area contributed by atoms with Crippen LogP contribution in [0.15, 0.2) is 12.2 Å². The lowest BCUT2D eigenvalue weighted by atomic mass is 9.97. The summed E-state index contributed by atoms with van der Waals surface area (Å²) in [5.41, 5.74) is 0. The molecule has 0 saturated heterocycles. The van der Waals surface area contributed by atoms with Gasteiger partial charge in [0.2, 0.25) is 0 Å². The highest BCUT2D eigenvalue weighted by Crippen LogP contribution is 2.16. The van der Waals surface area contributed by atoms with E-state index in [2.05, 4.69) is 26.0 Å². The van der Waals surface area contributed by atoms with Crippen LogP contribution in [0.1, 0.15) is 123 Å². The zero-order valence-electron chi connectivity index (χ0n) is 17.1. The lowest BCUT2D eigenvalue weighted by Crippen LogP contribution is -2.01. The SMILES string of the molecule is CCCCCCCC/C=C\CCCCCCCCC(C)CCC(=O)O. The van der Waals surface area contributed by atoms with Crippen LogP contribution in [0.4, 0.5) is 0 Å². The van der Waals surface area contributed by atoms with Gasteiger partial charge in [-0.3, -0.25) is 4.79 Å². The number of allylic oxidation sites excluding steroid dienone is 2. The fourth-order valence-electron chi connectivity index (χ4n) is 3.25. The molecule has 1 unspecified atom stereocenters. The first-order chi connectivity index (χ1) is 12.2. The zero-order valence-corrected chi connectivity index (χ0v) is 17.1. The van der Waals surface area contributed by atoms with Crippen molar-refractivity contribution in [3.63, 3.8) is 0 Å². The van der Waals surface area contributed by atoms with Gasteiger partial charge in [-0.25, -0.2) is 0 Å². The summed E-state index contributed by atoms with van der Waals surface area (Å²) in [6.07, 6.45) is 26.0. The van der Waals surface area contributed by atoms with Crippen LogP contribution in [0.2, 0.25) is 0 Å². The zero-order chi connectivity index (χ0) is 18.6. The number of hydrogen-bond donors (Lipinski definition) is 1. The highest BCUT2D eigenvalue weighted by atomic mass is 16.4. The Kier molecular flexibility index (Phi) is 18.9. The number of hydrogen-bond acceptors (Lipinski definition) is 1. The minimum atomic E-state index is -0.659. The molecule has 0 radical (unpaired) electrons. The molecular weight excluding hydrogens is 308 g/mol. The van der Waals surface area contributed by atoms with Crippen LogP contribution >= 0.6 is 0 Å². The molecule has 0 spiro atoms. The molecule has 1 N–H and O–H groups in total. The molecule has 0 aromatic rings. The van der Waals surface area contributed by atoms with Crippen molar-refractivity contribution in [1.82, 2.24) is 0 Å². The summed E-state index contributed by atoms with van der Waals surface area (Å²) >= 11 is 0. The fourth-order valence-corrected chi connectivity index (χ4v) is 3.25. The van der Waals surface area contributed by atoms with Crippen molar-refractivity contribution < 1.29 is 9.90 Å². The van der Waals surface area contributed by atoms with E-state index >= 15 is 0 Å². The van der Waals surface area contributed by atoms with E-state index in [1.165, 1.54) is 96.3 Å². The number of aliphatic carboxylic acids is 1. The molecule has 0 aromatic carbocycles. The van der Waals surface area contributed by atoms with Gasteiger partial charge in [-0.1, -0.05) is 96.6 Å². The number of carbonyl (C=O) groups is 1. The van der Waals surface area contributed by atoms with E-state index in [1.54, 1.807) is 0 Å². The number of unbranched alkanes of at least 4 members (excludes halogenated alkanes) is 12. The third kappa shape index (κ3) is 21.2. The predicted molar refractivity (Wildman–Crippen MR) is 110 cm³/mol. The van der Waals surface area contributed by atoms with Crippen LogP contribution < -0.4 is 0 Å². The molecule has 0 rings (SSSR count). The molecule has 2 heteroatoms. The number of carboxylic acids is 1. The van der Waals surface area contributed by atoms with Crippen LogP contribution in [0, 0.1) is 5.92 Å². The first-order valence-electron chi connectivity index (χ1n) is 11.0. The molecular formula is C23H44O2. The first kappa shape index (κ1) is 24.2. The smallest absolute Gasteiger partial charge is 0.303 e. The monoisotopic (exact) mass is 352 g/mol. The van der Waals surface area contributed by atoms with Crippen molar-refractivity contribution in [2.45, 2.75) is 123 Å². The molecule has 148 valence electrons. The van der Waals surface area contributed by atoms with Crippen LogP contribution in [-0.4, -0.2) is 11.1 Å². The summed E-state index contributed by atoms with van der Waals surface area (Å²) in [4.78, 5) is 10.5. The maximum Gasteiger partial charge on any atom is 0.303 e. The Morgan fingerprint density at radius 1 is 0.760 bits per heavy atom. The molecule has 1 atom stereocenters. The molecule has 2 nitrogen and oxygen atoms in total. The Labute approximate surface area is 157 Å². The van der Waals surface area contributed by atoms with Crippen molar-refractivity contribution in [1.29, 1.82) is 0 Å². The van der Waals surface area contributed by atoms with Crippen molar-refractivity contribution in [3.8, 4) is 0 Å². The van der Waals surface area contributed by atoms with Crippen molar-refractivity contribution >= 4 is 5.97 Å². The molecule has 0 bridgehead atoms. The highest BCUT2D eigenvalue weighted by molar-refractivity contribution is 5.66. The normalized spacial score (nSPS) is 12.7. The summed E-state index contributed by atoms with van der Waals surface area (Å²) in [6.45, 7) is 4.45. The molecule has 0 heterocycles. The second-order valence-electron chi connectivity index (χ2n) is 7.76. The van der Waals surface area contributed by atoms with Crippen LogP contribution in [0.5, 0.6) is 0 Å². The first-order valence-corrected chi connectivity index (χ1v) is 11.0. The average Bonchev–Trinajstić information content (AvgIpc) is 2.59. The van der Waals surface area contributed by atoms with Crippen molar-refractivity contribution in [2.75, 3.05) is 0 Å². The van der Waals surface area contributed by atoms with E-state index in [0.717, 1.165) is 6.42 Å². The molecule has 25 heavy (non-hydrogen) atoms. The summed E-state index contributed by atoms with van der Waals surface area (Å²) in [6, 6.07) is 0. The predicted octanol–water partition coefficient (Wildman–Crippen LogP) is 7.91. The van der Waals surface area contributed by atoms with E-state index in [4.69, 9.17) is 5.11 Å². The largest absolute Gasteiger partial charge is 0.481 e. The van der Waals surface area contributed by atoms with Crippen LogP contribution in [0.25, 0.3) is 0 Å². The topological polar surface area (TPSA) is 37.3 Å². The third-order valence-corrected chi connectivity index (χ3v) is 5.06.